The van der Waals surface area contributed by atoms with Crippen molar-refractivity contribution < 1.29 is 9.53 Å². The number of rotatable bonds is 8. The van der Waals surface area contributed by atoms with Crippen LogP contribution in [-0.2, 0) is 11.3 Å². The molecule has 0 unspecified atom stereocenters. The van der Waals surface area contributed by atoms with Crippen molar-refractivity contribution >= 4 is 5.91 Å². The predicted octanol–water partition coefficient (Wildman–Crippen LogP) is 2.19. The van der Waals surface area contributed by atoms with Gasteiger partial charge in [-0.15, -0.1) is 0 Å². The molecule has 1 N–H and O–H groups in total. The molecule has 1 aromatic rings. The van der Waals surface area contributed by atoms with Crippen LogP contribution in [0.2, 0.25) is 0 Å². The van der Waals surface area contributed by atoms with Crippen LogP contribution in [0.25, 0.3) is 0 Å². The van der Waals surface area contributed by atoms with Crippen molar-refractivity contribution in [2.24, 2.45) is 0 Å². The van der Waals surface area contributed by atoms with E-state index in [9.17, 15) is 4.79 Å². The van der Waals surface area contributed by atoms with Crippen LogP contribution in [0.4, 0.5) is 0 Å². The van der Waals surface area contributed by atoms with Crippen molar-refractivity contribution in [1.29, 1.82) is 0 Å². The average Bonchev–Trinajstić information content (AvgIpc) is 3.25. The summed E-state index contributed by atoms with van der Waals surface area (Å²) in [5.41, 5.74) is 1.14. The third kappa shape index (κ3) is 4.23. The molecule has 1 amide bonds. The summed E-state index contributed by atoms with van der Waals surface area (Å²) in [6, 6.07) is 8.48. The van der Waals surface area contributed by atoms with E-state index in [1.807, 2.05) is 43.0 Å². The van der Waals surface area contributed by atoms with Crippen LogP contribution in [0.1, 0.15) is 32.3 Å². The molecule has 0 aliphatic heterocycles. The summed E-state index contributed by atoms with van der Waals surface area (Å²) in [6.07, 6.45) is 2.33. The molecule has 0 radical (unpaired) electrons. The van der Waals surface area contributed by atoms with E-state index in [2.05, 4.69) is 5.32 Å². The molecular weight excluding hydrogens is 252 g/mol. The van der Waals surface area contributed by atoms with Crippen molar-refractivity contribution in [3.8, 4) is 5.75 Å². The van der Waals surface area contributed by atoms with Gasteiger partial charge in [-0.3, -0.25) is 4.79 Å². The van der Waals surface area contributed by atoms with E-state index in [-0.39, 0.29) is 5.91 Å². The fraction of sp³-hybridized carbons (Fsp3) is 0.562. The fourth-order valence-electron chi connectivity index (χ4n) is 2.35. The Kier molecular flexibility index (Phi) is 5.41. The third-order valence-corrected chi connectivity index (χ3v) is 3.46. The number of ether oxygens (including phenoxy) is 1. The van der Waals surface area contributed by atoms with Gasteiger partial charge in [0.25, 0.3) is 0 Å². The van der Waals surface area contributed by atoms with E-state index < -0.39 is 0 Å². The Bertz CT molecular complexity index is 444. The van der Waals surface area contributed by atoms with Crippen LogP contribution in [0.15, 0.2) is 24.3 Å². The first-order chi connectivity index (χ1) is 9.74. The maximum atomic E-state index is 12.1. The van der Waals surface area contributed by atoms with Gasteiger partial charge in [-0.2, -0.15) is 0 Å². The van der Waals surface area contributed by atoms with Gasteiger partial charge >= 0.3 is 0 Å². The maximum Gasteiger partial charge on any atom is 0.236 e. The Morgan fingerprint density at radius 1 is 1.40 bits per heavy atom. The Balaban J connectivity index is 1.77. The Morgan fingerprint density at radius 3 is 2.85 bits per heavy atom. The van der Waals surface area contributed by atoms with Crippen LogP contribution < -0.4 is 10.1 Å². The second kappa shape index (κ2) is 7.29. The number of benzene rings is 1. The second-order valence-corrected chi connectivity index (χ2v) is 5.09. The lowest BCUT2D eigenvalue weighted by molar-refractivity contribution is -0.130. The number of carbonyl (C=O) groups excluding carboxylic acids is 1. The highest BCUT2D eigenvalue weighted by atomic mass is 16.5. The van der Waals surface area contributed by atoms with Crippen LogP contribution in [0.3, 0.4) is 0 Å². The van der Waals surface area contributed by atoms with Crippen LogP contribution >= 0.6 is 0 Å². The van der Waals surface area contributed by atoms with Gasteiger partial charge in [0.05, 0.1) is 13.2 Å². The minimum Gasteiger partial charge on any atom is -0.494 e. The molecule has 1 fully saturated rings. The van der Waals surface area contributed by atoms with E-state index in [0.717, 1.165) is 30.7 Å². The van der Waals surface area contributed by atoms with E-state index in [0.29, 0.717) is 25.7 Å². The lowest BCUT2D eigenvalue weighted by atomic mass is 10.2. The third-order valence-electron chi connectivity index (χ3n) is 3.46. The summed E-state index contributed by atoms with van der Waals surface area (Å²) in [5.74, 6) is 1.09. The van der Waals surface area contributed by atoms with Crippen LogP contribution in [0.5, 0.6) is 5.75 Å². The number of nitrogens with zero attached hydrogens (tertiary/aromatic N) is 1. The zero-order valence-corrected chi connectivity index (χ0v) is 12.4. The topological polar surface area (TPSA) is 41.6 Å². The number of likely N-dealkylation sites (N-methyl/N-ethyl adjacent to an activating group) is 1. The summed E-state index contributed by atoms with van der Waals surface area (Å²) in [4.78, 5) is 14.0. The molecule has 20 heavy (non-hydrogen) atoms. The molecule has 0 aromatic heterocycles. The summed E-state index contributed by atoms with van der Waals surface area (Å²) >= 11 is 0. The van der Waals surface area contributed by atoms with Gasteiger partial charge in [-0.1, -0.05) is 12.1 Å². The van der Waals surface area contributed by atoms with Gasteiger partial charge in [0.15, 0.2) is 0 Å². The zero-order chi connectivity index (χ0) is 14.4. The highest BCUT2D eigenvalue weighted by Gasteiger charge is 2.30. The molecule has 4 heteroatoms. The molecule has 1 saturated carbocycles. The van der Waals surface area contributed by atoms with Crippen LogP contribution in [0, 0.1) is 0 Å². The highest BCUT2D eigenvalue weighted by Crippen LogP contribution is 2.26. The standard InChI is InChI=1S/C16H24N2O2/c1-3-18(14-8-9-14)16(19)12-17-11-13-6-5-7-15(10-13)20-4-2/h5-7,10,14,17H,3-4,8-9,11-12H2,1-2H3. The van der Waals surface area contributed by atoms with E-state index in [1.165, 1.54) is 0 Å². The van der Waals surface area contributed by atoms with Gasteiger partial charge in [0.1, 0.15) is 5.75 Å². The van der Waals surface area contributed by atoms with E-state index in [4.69, 9.17) is 4.74 Å². The average molecular weight is 276 g/mol. The van der Waals surface area contributed by atoms with Crippen molar-refractivity contribution in [3.05, 3.63) is 29.8 Å². The van der Waals surface area contributed by atoms with Crippen LogP contribution in [-0.4, -0.2) is 36.5 Å². The smallest absolute Gasteiger partial charge is 0.236 e. The molecule has 0 saturated heterocycles. The first-order valence-corrected chi connectivity index (χ1v) is 7.46. The maximum absolute atomic E-state index is 12.1. The molecule has 2 rings (SSSR count). The minimum absolute atomic E-state index is 0.205. The summed E-state index contributed by atoms with van der Waals surface area (Å²) < 4.78 is 5.47. The van der Waals surface area contributed by atoms with Crippen molar-refractivity contribution in [1.82, 2.24) is 10.2 Å². The highest BCUT2D eigenvalue weighted by molar-refractivity contribution is 5.78. The molecule has 0 heterocycles. The summed E-state index contributed by atoms with van der Waals surface area (Å²) in [5, 5.41) is 3.22. The van der Waals surface area contributed by atoms with Crippen molar-refractivity contribution in [2.45, 2.75) is 39.3 Å². The predicted molar refractivity (Wildman–Crippen MR) is 79.7 cm³/mol. The van der Waals surface area contributed by atoms with E-state index in [1.54, 1.807) is 0 Å². The molecule has 4 nitrogen and oxygen atoms in total. The van der Waals surface area contributed by atoms with Gasteiger partial charge in [-0.05, 0) is 44.4 Å². The second-order valence-electron chi connectivity index (χ2n) is 5.09. The largest absolute Gasteiger partial charge is 0.494 e. The monoisotopic (exact) mass is 276 g/mol. The zero-order valence-electron chi connectivity index (χ0n) is 12.4. The number of hydrogen-bond donors (Lipinski definition) is 1. The lowest BCUT2D eigenvalue weighted by Gasteiger charge is -2.20. The Hall–Kier alpha value is -1.55. The number of carbonyl (C=O) groups is 1. The SMILES string of the molecule is CCOc1cccc(CNCC(=O)N(CC)C2CC2)c1. The van der Waals surface area contributed by atoms with Crippen molar-refractivity contribution in [2.75, 3.05) is 19.7 Å². The molecular formula is C16H24N2O2. The molecule has 110 valence electrons. The molecule has 0 spiro atoms. The number of hydrogen-bond acceptors (Lipinski definition) is 3. The molecule has 1 aromatic carbocycles. The Labute approximate surface area is 121 Å². The van der Waals surface area contributed by atoms with Gasteiger partial charge < -0.3 is 15.0 Å². The number of nitrogens with one attached hydrogen (secondary N) is 1. The molecule has 0 atom stereocenters. The lowest BCUT2D eigenvalue weighted by Crippen LogP contribution is -2.39. The first-order valence-electron chi connectivity index (χ1n) is 7.46. The molecule has 0 bridgehead atoms. The molecule has 1 aliphatic rings. The quantitative estimate of drug-likeness (QED) is 0.791. The normalized spacial score (nSPS) is 14.1. The summed E-state index contributed by atoms with van der Waals surface area (Å²) in [6.45, 7) is 6.59. The minimum atomic E-state index is 0.205. The van der Waals surface area contributed by atoms with Gasteiger partial charge in [0.2, 0.25) is 5.91 Å². The Morgan fingerprint density at radius 2 is 2.20 bits per heavy atom. The van der Waals surface area contributed by atoms with Gasteiger partial charge in [0, 0.05) is 19.1 Å². The summed E-state index contributed by atoms with van der Waals surface area (Å²) in [7, 11) is 0. The number of amides is 1. The van der Waals surface area contributed by atoms with E-state index >= 15 is 0 Å². The van der Waals surface area contributed by atoms with Gasteiger partial charge in [-0.25, -0.2) is 0 Å². The molecule has 1 aliphatic carbocycles. The fourth-order valence-corrected chi connectivity index (χ4v) is 2.35. The first kappa shape index (κ1) is 14.9. The van der Waals surface area contributed by atoms with Crippen molar-refractivity contribution in [3.63, 3.8) is 0 Å².